The van der Waals surface area contributed by atoms with Crippen LogP contribution in [0.5, 0.6) is 0 Å². The standard InChI is InChI=1S/C7H6ClF2NO/c1-3-2-4(8)11-7(12)5(3)6(9)10/h2,6H,1H3,(H,11,12). The highest BCUT2D eigenvalue weighted by Crippen LogP contribution is 2.19. The van der Waals surface area contributed by atoms with Crippen LogP contribution in [0.25, 0.3) is 0 Å². The van der Waals surface area contributed by atoms with E-state index in [0.29, 0.717) is 0 Å². The molecular formula is C7H6ClF2NO. The molecule has 0 unspecified atom stereocenters. The summed E-state index contributed by atoms with van der Waals surface area (Å²) in [4.78, 5) is 13.0. The fourth-order valence-corrected chi connectivity index (χ4v) is 1.18. The van der Waals surface area contributed by atoms with Gasteiger partial charge in [-0.15, -0.1) is 0 Å². The van der Waals surface area contributed by atoms with Crippen LogP contribution >= 0.6 is 11.6 Å². The normalized spacial score (nSPS) is 10.8. The zero-order valence-corrected chi connectivity index (χ0v) is 6.95. The number of aromatic amines is 1. The molecule has 1 N–H and O–H groups in total. The van der Waals surface area contributed by atoms with Gasteiger partial charge >= 0.3 is 0 Å². The fraction of sp³-hybridized carbons (Fsp3) is 0.286. The van der Waals surface area contributed by atoms with Crippen molar-refractivity contribution in [3.05, 3.63) is 32.7 Å². The number of aryl methyl sites for hydroxylation is 1. The van der Waals surface area contributed by atoms with Gasteiger partial charge in [0, 0.05) is 0 Å². The van der Waals surface area contributed by atoms with E-state index in [4.69, 9.17) is 11.6 Å². The van der Waals surface area contributed by atoms with Gasteiger partial charge in [-0.2, -0.15) is 0 Å². The average Bonchev–Trinajstić information content (AvgIpc) is 1.82. The van der Waals surface area contributed by atoms with Crippen LogP contribution in [0.1, 0.15) is 17.6 Å². The van der Waals surface area contributed by atoms with Crippen molar-refractivity contribution in [2.24, 2.45) is 0 Å². The maximum absolute atomic E-state index is 12.2. The molecule has 0 aromatic carbocycles. The molecule has 1 rings (SSSR count). The van der Waals surface area contributed by atoms with E-state index in [9.17, 15) is 13.6 Å². The maximum atomic E-state index is 12.2. The first-order valence-corrected chi connectivity index (χ1v) is 3.57. The third-order valence-electron chi connectivity index (χ3n) is 1.46. The molecule has 0 radical (unpaired) electrons. The molecule has 0 aliphatic rings. The van der Waals surface area contributed by atoms with E-state index >= 15 is 0 Å². The topological polar surface area (TPSA) is 32.9 Å². The van der Waals surface area contributed by atoms with E-state index in [1.807, 2.05) is 0 Å². The quantitative estimate of drug-likeness (QED) is 0.682. The van der Waals surface area contributed by atoms with E-state index in [-0.39, 0.29) is 10.7 Å². The Morgan fingerprint density at radius 1 is 1.58 bits per heavy atom. The molecule has 1 aromatic heterocycles. The predicted molar refractivity (Wildman–Crippen MR) is 41.8 cm³/mol. The predicted octanol–water partition coefficient (Wildman–Crippen LogP) is 2.27. The van der Waals surface area contributed by atoms with Crippen LogP contribution in [-0.2, 0) is 0 Å². The van der Waals surface area contributed by atoms with Gasteiger partial charge in [0.2, 0.25) is 0 Å². The molecule has 0 fully saturated rings. The van der Waals surface area contributed by atoms with Crippen molar-refractivity contribution in [2.45, 2.75) is 13.3 Å². The highest BCUT2D eigenvalue weighted by molar-refractivity contribution is 6.29. The molecule has 5 heteroatoms. The molecule has 1 heterocycles. The van der Waals surface area contributed by atoms with E-state index in [1.165, 1.54) is 13.0 Å². The smallest absolute Gasteiger partial charge is 0.269 e. The van der Waals surface area contributed by atoms with Crippen molar-refractivity contribution in [3.8, 4) is 0 Å². The van der Waals surface area contributed by atoms with Gasteiger partial charge in [-0.05, 0) is 18.6 Å². The Balaban J connectivity index is 3.39. The molecule has 0 aliphatic carbocycles. The summed E-state index contributed by atoms with van der Waals surface area (Å²) < 4.78 is 24.3. The Morgan fingerprint density at radius 2 is 2.17 bits per heavy atom. The van der Waals surface area contributed by atoms with E-state index in [0.717, 1.165) is 0 Å². The Hall–Kier alpha value is -0.900. The van der Waals surface area contributed by atoms with Crippen LogP contribution in [0.2, 0.25) is 5.15 Å². The number of nitrogens with one attached hydrogen (secondary N) is 1. The van der Waals surface area contributed by atoms with Crippen LogP contribution in [0, 0.1) is 6.92 Å². The van der Waals surface area contributed by atoms with Crippen LogP contribution in [0.15, 0.2) is 10.9 Å². The minimum Gasteiger partial charge on any atom is -0.313 e. The molecule has 1 aromatic rings. The second-order valence-electron chi connectivity index (χ2n) is 2.34. The minimum atomic E-state index is -2.76. The van der Waals surface area contributed by atoms with E-state index in [2.05, 4.69) is 4.98 Å². The molecular weight excluding hydrogens is 188 g/mol. The van der Waals surface area contributed by atoms with Gasteiger partial charge in [0.1, 0.15) is 5.15 Å². The van der Waals surface area contributed by atoms with Gasteiger partial charge in [0.15, 0.2) is 0 Å². The fourth-order valence-electron chi connectivity index (χ4n) is 0.930. The largest absolute Gasteiger partial charge is 0.313 e. The molecule has 0 atom stereocenters. The number of pyridine rings is 1. The number of aromatic nitrogens is 1. The zero-order chi connectivity index (χ0) is 9.30. The summed E-state index contributed by atoms with van der Waals surface area (Å²) >= 11 is 5.43. The number of hydrogen-bond acceptors (Lipinski definition) is 1. The lowest BCUT2D eigenvalue weighted by molar-refractivity contribution is 0.149. The first-order valence-electron chi connectivity index (χ1n) is 3.20. The van der Waals surface area contributed by atoms with Crippen molar-refractivity contribution in [1.82, 2.24) is 4.98 Å². The second-order valence-corrected chi connectivity index (χ2v) is 2.75. The molecule has 0 amide bonds. The van der Waals surface area contributed by atoms with E-state index < -0.39 is 17.5 Å². The summed E-state index contributed by atoms with van der Waals surface area (Å²) in [5.41, 5.74) is -1.13. The van der Waals surface area contributed by atoms with Gasteiger partial charge in [-0.1, -0.05) is 11.6 Å². The maximum Gasteiger partial charge on any atom is 0.269 e. The highest BCUT2D eigenvalue weighted by atomic mass is 35.5. The molecule has 0 aliphatic heterocycles. The van der Waals surface area contributed by atoms with E-state index in [1.54, 1.807) is 0 Å². The van der Waals surface area contributed by atoms with Crippen LogP contribution in [0.4, 0.5) is 8.78 Å². The molecule has 0 saturated carbocycles. The average molecular weight is 194 g/mol. The number of rotatable bonds is 1. The van der Waals surface area contributed by atoms with Gasteiger partial charge in [0.25, 0.3) is 12.0 Å². The summed E-state index contributed by atoms with van der Waals surface area (Å²) in [7, 11) is 0. The van der Waals surface area contributed by atoms with Crippen molar-refractivity contribution in [3.63, 3.8) is 0 Å². The lowest BCUT2D eigenvalue weighted by atomic mass is 10.2. The third kappa shape index (κ3) is 1.64. The zero-order valence-electron chi connectivity index (χ0n) is 6.20. The number of halogens is 3. The summed E-state index contributed by atoms with van der Waals surface area (Å²) in [6.45, 7) is 1.42. The summed E-state index contributed by atoms with van der Waals surface area (Å²) in [5.74, 6) is 0. The molecule has 66 valence electrons. The van der Waals surface area contributed by atoms with Gasteiger partial charge in [-0.25, -0.2) is 8.78 Å². The second kappa shape index (κ2) is 3.23. The lowest BCUT2D eigenvalue weighted by Crippen LogP contribution is -2.14. The summed E-state index contributed by atoms with van der Waals surface area (Å²) in [6.07, 6.45) is -2.76. The number of H-pyrrole nitrogens is 1. The first-order chi connectivity index (χ1) is 5.52. The Kier molecular flexibility index (Phi) is 2.47. The minimum absolute atomic E-state index is 0.0712. The number of alkyl halides is 2. The molecule has 0 spiro atoms. The summed E-state index contributed by atoms with van der Waals surface area (Å²) in [5, 5.41) is 0.0712. The first kappa shape index (κ1) is 9.19. The lowest BCUT2D eigenvalue weighted by Gasteiger charge is -2.02. The van der Waals surface area contributed by atoms with Crippen LogP contribution in [0.3, 0.4) is 0 Å². The van der Waals surface area contributed by atoms with Crippen molar-refractivity contribution in [2.75, 3.05) is 0 Å². The number of hydrogen-bond donors (Lipinski definition) is 1. The monoisotopic (exact) mass is 193 g/mol. The van der Waals surface area contributed by atoms with Crippen LogP contribution in [-0.4, -0.2) is 4.98 Å². The van der Waals surface area contributed by atoms with Gasteiger partial charge in [0.05, 0.1) is 5.56 Å². The molecule has 12 heavy (non-hydrogen) atoms. The molecule has 2 nitrogen and oxygen atoms in total. The van der Waals surface area contributed by atoms with Crippen molar-refractivity contribution >= 4 is 11.6 Å². The van der Waals surface area contributed by atoms with Gasteiger partial charge in [-0.3, -0.25) is 4.79 Å². The summed E-state index contributed by atoms with van der Waals surface area (Å²) in [6, 6.07) is 1.30. The van der Waals surface area contributed by atoms with Crippen LogP contribution < -0.4 is 5.56 Å². The van der Waals surface area contributed by atoms with Crippen molar-refractivity contribution in [1.29, 1.82) is 0 Å². The molecule has 0 bridgehead atoms. The Labute approximate surface area is 72.2 Å². The Morgan fingerprint density at radius 3 is 2.58 bits per heavy atom. The SMILES string of the molecule is Cc1cc(Cl)[nH]c(=O)c1C(F)F. The van der Waals surface area contributed by atoms with Crippen molar-refractivity contribution < 1.29 is 8.78 Å². The molecule has 0 saturated heterocycles. The highest BCUT2D eigenvalue weighted by Gasteiger charge is 2.15. The Bertz CT molecular complexity index is 348. The third-order valence-corrected chi connectivity index (χ3v) is 1.67. The van der Waals surface area contributed by atoms with Gasteiger partial charge < -0.3 is 4.98 Å².